The number of hydrogen-bond donors (Lipinski definition) is 3. The molecule has 0 bridgehead atoms. The predicted octanol–water partition coefficient (Wildman–Crippen LogP) is 5.01. The number of anilines is 2. The minimum absolute atomic E-state index is 0.0354. The van der Waals surface area contributed by atoms with E-state index in [1.54, 1.807) is 41.3 Å². The Morgan fingerprint density at radius 1 is 0.977 bits per heavy atom. The summed E-state index contributed by atoms with van der Waals surface area (Å²) >= 11 is 6.72. The van der Waals surface area contributed by atoms with Crippen LogP contribution in [0.4, 0.5) is 16.2 Å². The normalized spacial score (nSPS) is 15.9. The largest absolute Gasteiger partial charge is 0.484 e. The van der Waals surface area contributed by atoms with E-state index in [2.05, 4.69) is 42.5 Å². The second kappa shape index (κ2) is 14.3. The third kappa shape index (κ3) is 7.59. The summed E-state index contributed by atoms with van der Waals surface area (Å²) in [7, 11) is 0. The Bertz CT molecular complexity index is 1520. The number of nitrogens with two attached hydrogens (primary N) is 1. The van der Waals surface area contributed by atoms with Crippen molar-refractivity contribution in [2.24, 2.45) is 0 Å². The molecule has 4 amide bonds. The van der Waals surface area contributed by atoms with Crippen molar-refractivity contribution < 1.29 is 23.9 Å². The van der Waals surface area contributed by atoms with Crippen LogP contribution in [0.3, 0.4) is 0 Å². The number of likely N-dealkylation sites (tertiary alicyclic amines) is 1. The summed E-state index contributed by atoms with van der Waals surface area (Å²) in [5, 5.41) is 5.74. The maximum Gasteiger partial charge on any atom is 0.322 e. The summed E-state index contributed by atoms with van der Waals surface area (Å²) in [5.41, 5.74) is 8.70. The van der Waals surface area contributed by atoms with Crippen molar-refractivity contribution in [1.29, 1.82) is 0 Å². The van der Waals surface area contributed by atoms with Crippen LogP contribution in [0, 0.1) is 0 Å². The average Bonchev–Trinajstić information content (AvgIpc) is 3.20. The molecule has 1 atom stereocenters. The first-order valence-electron chi connectivity index (χ1n) is 14.4. The average molecular weight is 727 g/mol. The fraction of sp³-hybridized carbons (Fsp3) is 0.312. The number of nitrogens with zero attached hydrogens (tertiary/aromatic N) is 2. The number of nitrogens with one attached hydrogen (secondary N) is 2. The number of ketones is 1. The molecule has 10 nitrogen and oxygen atoms in total. The summed E-state index contributed by atoms with van der Waals surface area (Å²) in [6.45, 7) is 1.05. The molecule has 4 N–H and O–H groups in total. The molecule has 0 aromatic heterocycles. The zero-order valence-corrected chi connectivity index (χ0v) is 27.1. The molecule has 0 aliphatic carbocycles. The van der Waals surface area contributed by atoms with Crippen molar-refractivity contribution in [2.75, 3.05) is 37.3 Å². The van der Waals surface area contributed by atoms with Gasteiger partial charge in [-0.3, -0.25) is 14.4 Å². The van der Waals surface area contributed by atoms with Crippen LogP contribution < -0.4 is 21.1 Å². The SMILES string of the molecule is Nc1c(Br)cc(C(=O)CC(NC(=O)COc2ccccc2)C(=O)N2CCC(N3CCc4ccccc4NC3=O)CC2)cc1Br. The Balaban J connectivity index is 1.25. The van der Waals surface area contributed by atoms with Crippen molar-refractivity contribution >= 4 is 66.9 Å². The van der Waals surface area contributed by atoms with E-state index in [0.29, 0.717) is 58.4 Å². The lowest BCUT2D eigenvalue weighted by atomic mass is 9.99. The lowest BCUT2D eigenvalue weighted by molar-refractivity contribution is -0.138. The summed E-state index contributed by atoms with van der Waals surface area (Å²) < 4.78 is 6.65. The molecule has 3 aromatic rings. The van der Waals surface area contributed by atoms with Crippen molar-refractivity contribution in [3.8, 4) is 5.75 Å². The molecule has 5 rings (SSSR count). The molecule has 2 aliphatic heterocycles. The van der Waals surface area contributed by atoms with Gasteiger partial charge in [0.05, 0.1) is 5.69 Å². The van der Waals surface area contributed by atoms with Gasteiger partial charge in [-0.25, -0.2) is 4.79 Å². The number of para-hydroxylation sites is 2. The van der Waals surface area contributed by atoms with E-state index in [9.17, 15) is 19.2 Å². The number of fused-ring (bicyclic) bond motifs is 1. The zero-order chi connectivity index (χ0) is 31.2. The van der Waals surface area contributed by atoms with Crippen LogP contribution in [0.25, 0.3) is 0 Å². The van der Waals surface area contributed by atoms with Crippen LogP contribution in [0.2, 0.25) is 0 Å². The van der Waals surface area contributed by atoms with Gasteiger partial charge in [0.2, 0.25) is 5.91 Å². The highest BCUT2D eigenvalue weighted by atomic mass is 79.9. The summed E-state index contributed by atoms with van der Waals surface area (Å²) in [6.07, 6.45) is 1.66. The molecule has 44 heavy (non-hydrogen) atoms. The van der Waals surface area contributed by atoms with Crippen LogP contribution in [-0.2, 0) is 16.0 Å². The predicted molar refractivity (Wildman–Crippen MR) is 175 cm³/mol. The number of rotatable bonds is 9. The van der Waals surface area contributed by atoms with Gasteiger partial charge in [0.25, 0.3) is 5.91 Å². The van der Waals surface area contributed by atoms with Crippen molar-refractivity contribution in [3.63, 3.8) is 0 Å². The van der Waals surface area contributed by atoms with Gasteiger partial charge in [0, 0.05) is 52.3 Å². The minimum atomic E-state index is -1.10. The number of amides is 4. The molecule has 1 fully saturated rings. The number of carbonyl (C=O) groups is 4. The molecule has 3 aromatic carbocycles. The highest BCUT2D eigenvalue weighted by Gasteiger charge is 2.35. The molecule has 0 saturated carbocycles. The number of carbonyl (C=O) groups excluding carboxylic acids is 4. The minimum Gasteiger partial charge on any atom is -0.484 e. The second-order valence-corrected chi connectivity index (χ2v) is 12.5. The highest BCUT2D eigenvalue weighted by molar-refractivity contribution is 9.11. The number of Topliss-reactive ketones (excluding diaryl/α,β-unsaturated/α-hetero) is 1. The molecule has 230 valence electrons. The fourth-order valence-corrected chi connectivity index (χ4v) is 6.69. The van der Waals surface area contributed by atoms with Gasteiger partial charge in [-0.2, -0.15) is 0 Å². The molecule has 12 heteroatoms. The summed E-state index contributed by atoms with van der Waals surface area (Å²) in [6, 6.07) is 18.6. The first kappa shape index (κ1) is 31.5. The van der Waals surface area contributed by atoms with Gasteiger partial charge in [-0.05, 0) is 87.0 Å². The maximum absolute atomic E-state index is 13.8. The van der Waals surface area contributed by atoms with E-state index >= 15 is 0 Å². The van der Waals surface area contributed by atoms with Crippen LogP contribution in [-0.4, -0.2) is 71.8 Å². The van der Waals surface area contributed by atoms with E-state index in [4.69, 9.17) is 10.5 Å². The third-order valence-corrected chi connectivity index (χ3v) is 9.21. The molecular formula is C32H33Br2N5O5. The standard InChI is InChI=1S/C32H33Br2N5O5/c33-24-16-21(17-25(34)30(24)35)28(40)18-27(36-29(41)19-44-23-7-2-1-3-8-23)31(42)38-13-11-22(12-14-38)39-15-10-20-6-4-5-9-26(20)37-32(39)43/h1-9,16-17,22,27H,10-15,18-19,35H2,(H,36,41)(H,37,43). The van der Waals surface area contributed by atoms with E-state index in [-0.39, 0.29) is 36.8 Å². The number of nitrogen functional groups attached to an aromatic ring is 1. The Morgan fingerprint density at radius 2 is 1.64 bits per heavy atom. The molecule has 1 saturated heterocycles. The number of benzene rings is 3. The number of halogens is 2. The first-order chi connectivity index (χ1) is 21.2. The Hall–Kier alpha value is -3.90. The van der Waals surface area contributed by atoms with Gasteiger partial charge < -0.3 is 30.9 Å². The molecule has 2 aliphatic rings. The molecule has 0 spiro atoms. The lowest BCUT2D eigenvalue weighted by Gasteiger charge is -2.39. The van der Waals surface area contributed by atoms with Crippen molar-refractivity contribution in [1.82, 2.24) is 15.1 Å². The monoisotopic (exact) mass is 725 g/mol. The van der Waals surface area contributed by atoms with Crippen LogP contribution in [0.5, 0.6) is 5.75 Å². The highest BCUT2D eigenvalue weighted by Crippen LogP contribution is 2.30. The Kier molecular flexibility index (Phi) is 10.2. The van der Waals surface area contributed by atoms with Crippen molar-refractivity contribution in [2.45, 2.75) is 37.8 Å². The van der Waals surface area contributed by atoms with Gasteiger partial charge in [0.1, 0.15) is 11.8 Å². The second-order valence-electron chi connectivity index (χ2n) is 10.8. The first-order valence-corrected chi connectivity index (χ1v) is 16.0. The smallest absolute Gasteiger partial charge is 0.322 e. The van der Waals surface area contributed by atoms with E-state index in [1.165, 1.54) is 0 Å². The van der Waals surface area contributed by atoms with E-state index < -0.39 is 11.9 Å². The van der Waals surface area contributed by atoms with Gasteiger partial charge in [-0.1, -0.05) is 36.4 Å². The molecule has 2 heterocycles. The number of ether oxygens (including phenoxy) is 1. The zero-order valence-electron chi connectivity index (χ0n) is 23.9. The van der Waals surface area contributed by atoms with E-state index in [0.717, 1.165) is 17.7 Å². The maximum atomic E-state index is 13.8. The number of urea groups is 1. The van der Waals surface area contributed by atoms with Crippen LogP contribution in [0.1, 0.15) is 35.2 Å². The van der Waals surface area contributed by atoms with Crippen LogP contribution in [0.15, 0.2) is 75.7 Å². The number of hydrogen-bond acceptors (Lipinski definition) is 6. The molecule has 1 unspecified atom stereocenters. The summed E-state index contributed by atoms with van der Waals surface area (Å²) in [5.74, 6) is -0.688. The molecular weight excluding hydrogens is 694 g/mol. The fourth-order valence-electron chi connectivity index (χ4n) is 5.51. The van der Waals surface area contributed by atoms with Gasteiger partial charge >= 0.3 is 6.03 Å². The molecule has 0 radical (unpaired) electrons. The lowest BCUT2D eigenvalue weighted by Crippen LogP contribution is -2.55. The van der Waals surface area contributed by atoms with Crippen molar-refractivity contribution in [3.05, 3.63) is 86.8 Å². The number of piperidine rings is 1. The third-order valence-electron chi connectivity index (χ3n) is 7.90. The quantitative estimate of drug-likeness (QED) is 0.210. The van der Waals surface area contributed by atoms with E-state index in [1.807, 2.05) is 35.2 Å². The van der Waals surface area contributed by atoms with Gasteiger partial charge in [0.15, 0.2) is 12.4 Å². The Morgan fingerprint density at radius 3 is 2.34 bits per heavy atom. The topological polar surface area (TPSA) is 134 Å². The Labute approximate surface area is 272 Å². The van der Waals surface area contributed by atoms with Crippen LogP contribution >= 0.6 is 31.9 Å². The summed E-state index contributed by atoms with van der Waals surface area (Å²) in [4.78, 5) is 56.6. The van der Waals surface area contributed by atoms with Gasteiger partial charge in [-0.15, -0.1) is 0 Å².